The topological polar surface area (TPSA) is 54.9 Å². The molecule has 1 unspecified atom stereocenters. The zero-order chi connectivity index (χ0) is 11.5. The molecule has 1 heterocycles. The molecule has 1 N–H and O–H groups in total. The number of nitrogens with zero attached hydrogens (tertiary/aromatic N) is 2. The second-order valence-electron chi connectivity index (χ2n) is 3.91. The molecule has 0 spiro atoms. The van der Waals surface area contributed by atoms with E-state index < -0.39 is 10.8 Å². The van der Waals surface area contributed by atoms with Crippen LogP contribution in [0.1, 0.15) is 24.6 Å². The normalized spacial score (nSPS) is 17.1. The van der Waals surface area contributed by atoms with Crippen LogP contribution in [0.5, 0.6) is 0 Å². The molecule has 1 atom stereocenters. The number of hydrogen-bond donors (Lipinski definition) is 1. The van der Waals surface area contributed by atoms with Gasteiger partial charge in [0.2, 0.25) is 0 Å². The van der Waals surface area contributed by atoms with E-state index in [-0.39, 0.29) is 0 Å². The number of nitrogens with one attached hydrogen (secondary N) is 1. The van der Waals surface area contributed by atoms with Gasteiger partial charge in [-0.05, 0) is 12.8 Å². The average molecular weight is 260 g/mol. The van der Waals surface area contributed by atoms with E-state index in [1.54, 1.807) is 12.3 Å². The number of hydrogen-bond acceptors (Lipinski definition) is 4. The summed E-state index contributed by atoms with van der Waals surface area (Å²) in [5.74, 6) is 2.65. The van der Waals surface area contributed by atoms with Crippen LogP contribution in [-0.4, -0.2) is 32.7 Å². The van der Waals surface area contributed by atoms with Gasteiger partial charge in [0.05, 0.1) is 0 Å². The highest BCUT2D eigenvalue weighted by atomic mass is 35.5. The molecule has 0 saturated heterocycles. The Bertz CT molecular complexity index is 409. The Morgan fingerprint density at radius 2 is 2.31 bits per heavy atom. The minimum atomic E-state index is -0.785. The molecule has 1 aromatic heterocycles. The van der Waals surface area contributed by atoms with E-state index in [9.17, 15) is 4.21 Å². The van der Waals surface area contributed by atoms with Crippen LogP contribution in [0.25, 0.3) is 0 Å². The van der Waals surface area contributed by atoms with Gasteiger partial charge in [-0.2, -0.15) is 0 Å². The van der Waals surface area contributed by atoms with Crippen LogP contribution < -0.4 is 5.32 Å². The third-order valence-electron chi connectivity index (χ3n) is 2.35. The van der Waals surface area contributed by atoms with E-state index in [2.05, 4.69) is 15.3 Å². The molecule has 1 saturated carbocycles. The molecule has 6 heteroatoms. The van der Waals surface area contributed by atoms with Crippen molar-refractivity contribution in [1.29, 1.82) is 0 Å². The molecular formula is C10H14ClN3OS. The molecule has 88 valence electrons. The second-order valence-corrected chi connectivity index (χ2v) is 5.85. The van der Waals surface area contributed by atoms with Gasteiger partial charge < -0.3 is 5.32 Å². The maximum atomic E-state index is 10.9. The zero-order valence-electron chi connectivity index (χ0n) is 9.07. The fraction of sp³-hybridized carbons (Fsp3) is 0.600. The van der Waals surface area contributed by atoms with Crippen molar-refractivity contribution in [2.75, 3.05) is 23.9 Å². The smallest absolute Gasteiger partial charge is 0.135 e. The molecular weight excluding hydrogens is 246 g/mol. The predicted molar refractivity (Wildman–Crippen MR) is 66.4 cm³/mol. The monoisotopic (exact) mass is 259 g/mol. The first kappa shape index (κ1) is 11.8. The molecule has 0 aromatic carbocycles. The lowest BCUT2D eigenvalue weighted by Gasteiger charge is -2.06. The molecule has 0 radical (unpaired) electrons. The zero-order valence-corrected chi connectivity index (χ0v) is 10.6. The van der Waals surface area contributed by atoms with E-state index in [1.165, 1.54) is 0 Å². The lowest BCUT2D eigenvalue weighted by Crippen LogP contribution is -2.11. The summed E-state index contributed by atoms with van der Waals surface area (Å²) in [5.41, 5.74) is 0. The summed E-state index contributed by atoms with van der Waals surface area (Å²) >= 11 is 5.91. The fourth-order valence-corrected chi connectivity index (χ4v) is 1.95. The summed E-state index contributed by atoms with van der Waals surface area (Å²) in [5, 5.41) is 3.58. The summed E-state index contributed by atoms with van der Waals surface area (Å²) in [6, 6.07) is 1.70. The Labute approximate surface area is 102 Å². The number of halogens is 1. The van der Waals surface area contributed by atoms with Crippen molar-refractivity contribution < 1.29 is 4.21 Å². The maximum Gasteiger partial charge on any atom is 0.135 e. The van der Waals surface area contributed by atoms with E-state index in [4.69, 9.17) is 11.6 Å². The first-order valence-corrected chi connectivity index (χ1v) is 7.34. The van der Waals surface area contributed by atoms with Gasteiger partial charge in [0.25, 0.3) is 0 Å². The Balaban J connectivity index is 1.99. The molecule has 0 aliphatic heterocycles. The van der Waals surface area contributed by atoms with Crippen molar-refractivity contribution in [2.45, 2.75) is 18.8 Å². The van der Waals surface area contributed by atoms with Crippen LogP contribution in [0.15, 0.2) is 6.07 Å². The van der Waals surface area contributed by atoms with Crippen LogP contribution in [0, 0.1) is 0 Å². The van der Waals surface area contributed by atoms with Gasteiger partial charge in [0.1, 0.15) is 16.8 Å². The van der Waals surface area contributed by atoms with E-state index in [0.29, 0.717) is 23.4 Å². The van der Waals surface area contributed by atoms with Gasteiger partial charge in [0.15, 0.2) is 0 Å². The Kier molecular flexibility index (Phi) is 3.76. The van der Waals surface area contributed by atoms with Gasteiger partial charge in [-0.25, -0.2) is 9.97 Å². The molecule has 1 aromatic rings. The molecule has 16 heavy (non-hydrogen) atoms. The van der Waals surface area contributed by atoms with E-state index in [0.717, 1.165) is 24.5 Å². The van der Waals surface area contributed by atoms with Crippen molar-refractivity contribution in [3.63, 3.8) is 0 Å². The highest BCUT2D eigenvalue weighted by molar-refractivity contribution is 7.84. The Morgan fingerprint density at radius 1 is 1.56 bits per heavy atom. The number of aromatic nitrogens is 2. The summed E-state index contributed by atoms with van der Waals surface area (Å²) < 4.78 is 10.9. The van der Waals surface area contributed by atoms with Gasteiger partial charge in [-0.3, -0.25) is 4.21 Å². The molecule has 1 fully saturated rings. The summed E-state index contributed by atoms with van der Waals surface area (Å²) in [4.78, 5) is 8.58. The minimum absolute atomic E-state index is 0.469. The van der Waals surface area contributed by atoms with Crippen molar-refractivity contribution in [2.24, 2.45) is 0 Å². The molecule has 4 nitrogen and oxygen atoms in total. The first-order chi connectivity index (χ1) is 7.65. The van der Waals surface area contributed by atoms with Crippen LogP contribution in [0.3, 0.4) is 0 Å². The highest BCUT2D eigenvalue weighted by Gasteiger charge is 2.27. The predicted octanol–water partition coefficient (Wildman–Crippen LogP) is 1.80. The molecule has 1 aliphatic rings. The SMILES string of the molecule is CS(=O)CCNc1cc(Cl)nc(C2CC2)n1. The van der Waals surface area contributed by atoms with Gasteiger partial charge >= 0.3 is 0 Å². The van der Waals surface area contributed by atoms with Crippen molar-refractivity contribution in [3.05, 3.63) is 17.0 Å². The summed E-state index contributed by atoms with van der Waals surface area (Å²) in [6.45, 7) is 0.639. The van der Waals surface area contributed by atoms with Crippen molar-refractivity contribution in [1.82, 2.24) is 9.97 Å². The third kappa shape index (κ3) is 3.42. The summed E-state index contributed by atoms with van der Waals surface area (Å²) in [6.07, 6.45) is 3.99. The molecule has 2 rings (SSSR count). The second kappa shape index (κ2) is 5.10. The largest absolute Gasteiger partial charge is 0.369 e. The van der Waals surface area contributed by atoms with Crippen LogP contribution in [0.4, 0.5) is 5.82 Å². The van der Waals surface area contributed by atoms with Crippen molar-refractivity contribution >= 4 is 28.2 Å². The van der Waals surface area contributed by atoms with Crippen molar-refractivity contribution in [3.8, 4) is 0 Å². The third-order valence-corrected chi connectivity index (χ3v) is 3.32. The first-order valence-electron chi connectivity index (χ1n) is 5.23. The number of rotatable bonds is 5. The molecule has 1 aliphatic carbocycles. The lowest BCUT2D eigenvalue weighted by molar-refractivity contribution is 0.687. The standard InChI is InChI=1S/C10H14ClN3OS/c1-16(15)5-4-12-9-6-8(11)13-10(14-9)7-2-3-7/h6-7H,2-5H2,1H3,(H,12,13,14). The van der Waals surface area contributed by atoms with Crippen LogP contribution >= 0.6 is 11.6 Å². The number of anilines is 1. The van der Waals surface area contributed by atoms with Gasteiger partial charge in [-0.1, -0.05) is 11.6 Å². The van der Waals surface area contributed by atoms with Crippen LogP contribution in [-0.2, 0) is 10.8 Å². The van der Waals surface area contributed by atoms with Crippen LogP contribution in [0.2, 0.25) is 5.15 Å². The maximum absolute atomic E-state index is 10.9. The Morgan fingerprint density at radius 3 is 2.94 bits per heavy atom. The fourth-order valence-electron chi connectivity index (χ4n) is 1.37. The minimum Gasteiger partial charge on any atom is -0.369 e. The van der Waals surface area contributed by atoms with E-state index in [1.807, 2.05) is 0 Å². The molecule has 0 amide bonds. The van der Waals surface area contributed by atoms with Gasteiger partial charge in [-0.15, -0.1) is 0 Å². The van der Waals surface area contributed by atoms with E-state index >= 15 is 0 Å². The molecule has 0 bridgehead atoms. The highest BCUT2D eigenvalue weighted by Crippen LogP contribution is 2.38. The Hall–Kier alpha value is -0.680. The van der Waals surface area contributed by atoms with Gasteiger partial charge in [0, 0.05) is 41.3 Å². The summed E-state index contributed by atoms with van der Waals surface area (Å²) in [7, 11) is -0.785. The lowest BCUT2D eigenvalue weighted by atomic mass is 10.4. The average Bonchev–Trinajstić information content (AvgIpc) is 2.99. The quantitative estimate of drug-likeness (QED) is 0.820.